The lowest BCUT2D eigenvalue weighted by Crippen LogP contribution is -2.33. The summed E-state index contributed by atoms with van der Waals surface area (Å²) in [5, 5.41) is 0.782. The number of nitrogens with zero attached hydrogens (tertiary/aromatic N) is 1. The molecule has 0 fully saturated rings. The van der Waals surface area contributed by atoms with Crippen LogP contribution >= 0.6 is 11.6 Å². The Morgan fingerprint density at radius 1 is 1.24 bits per heavy atom. The molecule has 1 heterocycles. The number of aryl methyl sites for hydroxylation is 1. The molecule has 1 aliphatic heterocycles. The van der Waals surface area contributed by atoms with Crippen molar-refractivity contribution >= 4 is 17.3 Å². The number of ether oxygens (including phenoxy) is 1. The van der Waals surface area contributed by atoms with Crippen molar-refractivity contribution in [2.24, 2.45) is 0 Å². The largest absolute Gasteiger partial charge is 0.492 e. The molecule has 2 aromatic carbocycles. The van der Waals surface area contributed by atoms with Gasteiger partial charge < -0.3 is 9.64 Å². The van der Waals surface area contributed by atoms with Crippen molar-refractivity contribution in [3.63, 3.8) is 0 Å². The predicted molar refractivity (Wildman–Crippen MR) is 88.6 cm³/mol. The Bertz CT molecular complexity index is 641. The Labute approximate surface area is 131 Å². The van der Waals surface area contributed by atoms with E-state index in [2.05, 4.69) is 36.1 Å². The number of hydrogen-bond acceptors (Lipinski definition) is 2. The SMILES string of the molecule is Cc1cc(OCCN2c3ccccc3CC2C)ccc1Cl. The first-order valence-corrected chi connectivity index (χ1v) is 7.76. The van der Waals surface area contributed by atoms with Gasteiger partial charge in [0, 0.05) is 16.8 Å². The van der Waals surface area contributed by atoms with Gasteiger partial charge in [-0.25, -0.2) is 0 Å². The molecule has 3 rings (SSSR count). The Balaban J connectivity index is 1.62. The van der Waals surface area contributed by atoms with E-state index in [4.69, 9.17) is 16.3 Å². The predicted octanol–water partition coefficient (Wildman–Crippen LogP) is 4.48. The Morgan fingerprint density at radius 2 is 2.05 bits per heavy atom. The van der Waals surface area contributed by atoms with E-state index in [1.165, 1.54) is 11.3 Å². The summed E-state index contributed by atoms with van der Waals surface area (Å²) in [5.74, 6) is 0.886. The third kappa shape index (κ3) is 3.01. The van der Waals surface area contributed by atoms with Crippen LogP contribution in [0.3, 0.4) is 0 Å². The van der Waals surface area contributed by atoms with Crippen molar-refractivity contribution in [1.29, 1.82) is 0 Å². The summed E-state index contributed by atoms with van der Waals surface area (Å²) in [4.78, 5) is 2.43. The zero-order chi connectivity index (χ0) is 14.8. The van der Waals surface area contributed by atoms with Gasteiger partial charge in [0.05, 0.1) is 6.54 Å². The van der Waals surface area contributed by atoms with Crippen LogP contribution < -0.4 is 9.64 Å². The van der Waals surface area contributed by atoms with Crippen LogP contribution in [0.25, 0.3) is 0 Å². The maximum atomic E-state index is 6.03. The monoisotopic (exact) mass is 301 g/mol. The summed E-state index contributed by atoms with van der Waals surface area (Å²) in [6.45, 7) is 5.85. The molecule has 0 bridgehead atoms. The second-order valence-electron chi connectivity index (χ2n) is 5.63. The summed E-state index contributed by atoms with van der Waals surface area (Å²) in [6.07, 6.45) is 1.12. The lowest BCUT2D eigenvalue weighted by Gasteiger charge is -2.24. The topological polar surface area (TPSA) is 12.5 Å². The third-order valence-corrected chi connectivity index (χ3v) is 4.50. The van der Waals surface area contributed by atoms with Crippen LogP contribution in [0.1, 0.15) is 18.1 Å². The zero-order valence-corrected chi connectivity index (χ0v) is 13.2. The molecule has 0 amide bonds. The van der Waals surface area contributed by atoms with Gasteiger partial charge in [-0.3, -0.25) is 0 Å². The lowest BCUT2D eigenvalue weighted by atomic mass is 10.1. The van der Waals surface area contributed by atoms with Crippen molar-refractivity contribution in [3.8, 4) is 5.75 Å². The molecule has 110 valence electrons. The summed E-state index contributed by atoms with van der Waals surface area (Å²) in [7, 11) is 0. The van der Waals surface area contributed by atoms with E-state index >= 15 is 0 Å². The van der Waals surface area contributed by atoms with Crippen molar-refractivity contribution < 1.29 is 4.74 Å². The van der Waals surface area contributed by atoms with Crippen LogP contribution in [0.2, 0.25) is 5.02 Å². The average Bonchev–Trinajstić information content (AvgIpc) is 2.79. The second kappa shape index (κ2) is 5.98. The summed E-state index contributed by atoms with van der Waals surface area (Å²) < 4.78 is 5.87. The zero-order valence-electron chi connectivity index (χ0n) is 12.5. The first-order valence-electron chi connectivity index (χ1n) is 7.38. The molecule has 0 saturated carbocycles. The van der Waals surface area contributed by atoms with Crippen LogP contribution in [0, 0.1) is 6.92 Å². The fraction of sp³-hybridized carbons (Fsp3) is 0.333. The van der Waals surface area contributed by atoms with Gasteiger partial charge in [0.2, 0.25) is 0 Å². The Morgan fingerprint density at radius 3 is 2.86 bits per heavy atom. The van der Waals surface area contributed by atoms with Crippen LogP contribution in [0.4, 0.5) is 5.69 Å². The average molecular weight is 302 g/mol. The van der Waals surface area contributed by atoms with Crippen molar-refractivity contribution in [1.82, 2.24) is 0 Å². The maximum absolute atomic E-state index is 6.03. The summed E-state index contributed by atoms with van der Waals surface area (Å²) in [5.41, 5.74) is 3.84. The molecule has 21 heavy (non-hydrogen) atoms. The maximum Gasteiger partial charge on any atom is 0.119 e. The van der Waals surface area contributed by atoms with Crippen LogP contribution in [-0.2, 0) is 6.42 Å². The highest BCUT2D eigenvalue weighted by Gasteiger charge is 2.24. The minimum atomic E-state index is 0.540. The molecule has 0 aromatic heterocycles. The van der Waals surface area contributed by atoms with E-state index in [0.29, 0.717) is 12.6 Å². The van der Waals surface area contributed by atoms with E-state index in [-0.39, 0.29) is 0 Å². The number of para-hydroxylation sites is 1. The van der Waals surface area contributed by atoms with E-state index in [9.17, 15) is 0 Å². The van der Waals surface area contributed by atoms with Crippen molar-refractivity contribution in [2.45, 2.75) is 26.3 Å². The fourth-order valence-electron chi connectivity index (χ4n) is 2.94. The molecule has 2 aromatic rings. The number of hydrogen-bond donors (Lipinski definition) is 0. The van der Waals surface area contributed by atoms with Crippen LogP contribution in [0.15, 0.2) is 42.5 Å². The van der Waals surface area contributed by atoms with E-state index in [1.54, 1.807) is 0 Å². The summed E-state index contributed by atoms with van der Waals surface area (Å²) >= 11 is 6.03. The third-order valence-electron chi connectivity index (χ3n) is 4.08. The second-order valence-corrected chi connectivity index (χ2v) is 6.04. The Kier molecular flexibility index (Phi) is 4.07. The highest BCUT2D eigenvalue weighted by atomic mass is 35.5. The van der Waals surface area contributed by atoms with E-state index in [1.807, 2.05) is 25.1 Å². The highest BCUT2D eigenvalue weighted by Crippen LogP contribution is 2.31. The minimum absolute atomic E-state index is 0.540. The molecule has 1 atom stereocenters. The van der Waals surface area contributed by atoms with Gasteiger partial charge >= 0.3 is 0 Å². The smallest absolute Gasteiger partial charge is 0.119 e. The molecule has 0 aliphatic carbocycles. The first-order chi connectivity index (χ1) is 10.1. The first kappa shape index (κ1) is 14.3. The van der Waals surface area contributed by atoms with Gasteiger partial charge in [-0.2, -0.15) is 0 Å². The molecule has 0 radical (unpaired) electrons. The fourth-order valence-corrected chi connectivity index (χ4v) is 3.06. The van der Waals surface area contributed by atoms with Gasteiger partial charge in [-0.1, -0.05) is 29.8 Å². The molecular formula is C18H20ClNO. The minimum Gasteiger partial charge on any atom is -0.492 e. The van der Waals surface area contributed by atoms with E-state index < -0.39 is 0 Å². The number of benzene rings is 2. The molecule has 0 spiro atoms. The molecule has 0 N–H and O–H groups in total. The van der Waals surface area contributed by atoms with Crippen molar-refractivity contribution in [2.75, 3.05) is 18.1 Å². The number of halogens is 1. The highest BCUT2D eigenvalue weighted by molar-refractivity contribution is 6.31. The molecule has 2 nitrogen and oxygen atoms in total. The molecule has 3 heteroatoms. The Hall–Kier alpha value is -1.67. The lowest BCUT2D eigenvalue weighted by molar-refractivity contribution is 0.321. The van der Waals surface area contributed by atoms with Gasteiger partial charge in [-0.15, -0.1) is 0 Å². The van der Waals surface area contributed by atoms with Crippen molar-refractivity contribution in [3.05, 3.63) is 58.6 Å². The quantitative estimate of drug-likeness (QED) is 0.825. The standard InChI is InChI=1S/C18H20ClNO/c1-13-11-16(7-8-17(13)19)21-10-9-20-14(2)12-15-5-3-4-6-18(15)20/h3-8,11,14H,9-10,12H2,1-2H3. The molecule has 1 aliphatic rings. The molecule has 1 unspecified atom stereocenters. The van der Waals surface area contributed by atoms with Gasteiger partial charge in [0.1, 0.15) is 12.4 Å². The number of fused-ring (bicyclic) bond motifs is 1. The number of rotatable bonds is 4. The number of anilines is 1. The van der Waals surface area contributed by atoms with Gasteiger partial charge in [-0.05, 0) is 55.7 Å². The van der Waals surface area contributed by atoms with Crippen LogP contribution in [0.5, 0.6) is 5.75 Å². The van der Waals surface area contributed by atoms with Gasteiger partial charge in [0.15, 0.2) is 0 Å². The normalized spacial score (nSPS) is 16.9. The molecule has 0 saturated heterocycles. The summed E-state index contributed by atoms with van der Waals surface area (Å²) in [6, 6.07) is 15.0. The van der Waals surface area contributed by atoms with E-state index in [0.717, 1.165) is 29.3 Å². The van der Waals surface area contributed by atoms with Gasteiger partial charge in [0.25, 0.3) is 0 Å². The molecular weight excluding hydrogens is 282 g/mol. The van der Waals surface area contributed by atoms with Crippen LogP contribution in [-0.4, -0.2) is 19.2 Å².